The molecule has 0 spiro atoms. The Bertz CT molecular complexity index is 520. The van der Waals surface area contributed by atoms with E-state index in [1.807, 2.05) is 6.92 Å². The molecule has 19 heavy (non-hydrogen) atoms. The Balaban J connectivity index is 2.05. The molecular formula is C15H21N3S. The van der Waals surface area contributed by atoms with E-state index in [4.69, 9.17) is 0 Å². The SMILES string of the molecule is Cc1cc(C(C)C)nc(NC(C)Cc2cccs2)n1. The van der Waals surface area contributed by atoms with Crippen LogP contribution in [0.15, 0.2) is 23.6 Å². The topological polar surface area (TPSA) is 37.8 Å². The lowest BCUT2D eigenvalue weighted by molar-refractivity contribution is 0.765. The maximum absolute atomic E-state index is 4.58. The minimum absolute atomic E-state index is 0.334. The van der Waals surface area contributed by atoms with Gasteiger partial charge in [0, 0.05) is 28.7 Å². The van der Waals surface area contributed by atoms with Crippen LogP contribution in [0.3, 0.4) is 0 Å². The molecule has 0 aliphatic rings. The van der Waals surface area contributed by atoms with E-state index in [2.05, 4.69) is 59.6 Å². The van der Waals surface area contributed by atoms with Gasteiger partial charge in [0.25, 0.3) is 0 Å². The largest absolute Gasteiger partial charge is 0.351 e. The Kier molecular flexibility index (Phi) is 4.53. The summed E-state index contributed by atoms with van der Waals surface area (Å²) in [5, 5.41) is 5.51. The van der Waals surface area contributed by atoms with Crippen LogP contribution in [0.25, 0.3) is 0 Å². The minimum atomic E-state index is 0.334. The molecule has 0 saturated carbocycles. The summed E-state index contributed by atoms with van der Waals surface area (Å²) in [6, 6.07) is 6.65. The highest BCUT2D eigenvalue weighted by Gasteiger charge is 2.09. The van der Waals surface area contributed by atoms with Crippen LogP contribution < -0.4 is 5.32 Å². The molecule has 0 aliphatic heterocycles. The number of aromatic nitrogens is 2. The van der Waals surface area contributed by atoms with E-state index < -0.39 is 0 Å². The fourth-order valence-corrected chi connectivity index (χ4v) is 2.79. The normalized spacial score (nSPS) is 12.7. The van der Waals surface area contributed by atoms with Crippen molar-refractivity contribution >= 4 is 17.3 Å². The first-order valence-electron chi connectivity index (χ1n) is 6.69. The van der Waals surface area contributed by atoms with Gasteiger partial charge in [-0.3, -0.25) is 0 Å². The molecule has 4 heteroatoms. The smallest absolute Gasteiger partial charge is 0.223 e. The molecule has 0 bridgehead atoms. The monoisotopic (exact) mass is 275 g/mol. The standard InChI is InChI=1S/C15H21N3S/c1-10(2)14-9-12(4)17-15(18-14)16-11(3)8-13-6-5-7-19-13/h5-7,9-11H,8H2,1-4H3,(H,16,17,18). The summed E-state index contributed by atoms with van der Waals surface area (Å²) in [6.45, 7) is 8.49. The van der Waals surface area contributed by atoms with Crippen LogP contribution in [0, 0.1) is 6.92 Å². The first-order chi connectivity index (χ1) is 9.04. The van der Waals surface area contributed by atoms with Crippen molar-refractivity contribution < 1.29 is 0 Å². The van der Waals surface area contributed by atoms with Gasteiger partial charge in [-0.15, -0.1) is 11.3 Å². The van der Waals surface area contributed by atoms with E-state index in [0.29, 0.717) is 12.0 Å². The molecule has 0 amide bonds. The maximum Gasteiger partial charge on any atom is 0.223 e. The molecule has 2 aromatic heterocycles. The first-order valence-corrected chi connectivity index (χ1v) is 7.57. The van der Waals surface area contributed by atoms with Crippen molar-refractivity contribution in [2.24, 2.45) is 0 Å². The van der Waals surface area contributed by atoms with Gasteiger partial charge in [0.05, 0.1) is 0 Å². The summed E-state index contributed by atoms with van der Waals surface area (Å²) in [5.74, 6) is 1.17. The zero-order valence-corrected chi connectivity index (χ0v) is 12.8. The number of hydrogen-bond acceptors (Lipinski definition) is 4. The second-order valence-electron chi connectivity index (χ2n) is 5.24. The average molecular weight is 275 g/mol. The third-order valence-corrected chi connectivity index (χ3v) is 3.83. The lowest BCUT2D eigenvalue weighted by Gasteiger charge is -2.15. The van der Waals surface area contributed by atoms with E-state index in [1.165, 1.54) is 4.88 Å². The van der Waals surface area contributed by atoms with E-state index in [0.717, 1.165) is 23.8 Å². The number of nitrogens with one attached hydrogen (secondary N) is 1. The van der Waals surface area contributed by atoms with Crippen molar-refractivity contribution in [2.75, 3.05) is 5.32 Å². The number of rotatable bonds is 5. The summed E-state index contributed by atoms with van der Waals surface area (Å²) < 4.78 is 0. The van der Waals surface area contributed by atoms with Crippen molar-refractivity contribution in [1.82, 2.24) is 9.97 Å². The zero-order valence-electron chi connectivity index (χ0n) is 12.0. The summed E-state index contributed by atoms with van der Waals surface area (Å²) >= 11 is 1.79. The molecule has 0 fully saturated rings. The fraction of sp³-hybridized carbons (Fsp3) is 0.467. The predicted octanol–water partition coefficient (Wildman–Crippen LogP) is 4.01. The molecular weight excluding hydrogens is 254 g/mol. The van der Waals surface area contributed by atoms with Gasteiger partial charge in [-0.05, 0) is 37.3 Å². The quantitative estimate of drug-likeness (QED) is 0.895. The Hall–Kier alpha value is -1.42. The van der Waals surface area contributed by atoms with E-state index in [1.54, 1.807) is 11.3 Å². The number of aryl methyl sites for hydroxylation is 1. The van der Waals surface area contributed by atoms with Crippen molar-refractivity contribution in [1.29, 1.82) is 0 Å². The van der Waals surface area contributed by atoms with Crippen LogP contribution in [0.5, 0.6) is 0 Å². The molecule has 1 unspecified atom stereocenters. The molecule has 0 saturated heterocycles. The molecule has 2 aromatic rings. The van der Waals surface area contributed by atoms with Crippen LogP contribution in [-0.2, 0) is 6.42 Å². The lowest BCUT2D eigenvalue weighted by atomic mass is 10.1. The van der Waals surface area contributed by atoms with E-state index >= 15 is 0 Å². The minimum Gasteiger partial charge on any atom is -0.351 e. The highest BCUT2D eigenvalue weighted by molar-refractivity contribution is 7.09. The van der Waals surface area contributed by atoms with Gasteiger partial charge in [0.15, 0.2) is 0 Å². The van der Waals surface area contributed by atoms with Crippen LogP contribution >= 0.6 is 11.3 Å². The van der Waals surface area contributed by atoms with Crippen LogP contribution in [0.2, 0.25) is 0 Å². The molecule has 102 valence electrons. The Morgan fingerprint density at radius 2 is 2.05 bits per heavy atom. The summed E-state index contributed by atoms with van der Waals surface area (Å²) in [6.07, 6.45) is 1.01. The third-order valence-electron chi connectivity index (χ3n) is 2.93. The molecule has 2 heterocycles. The number of anilines is 1. The summed E-state index contributed by atoms with van der Waals surface area (Å²) in [7, 11) is 0. The fourth-order valence-electron chi connectivity index (χ4n) is 1.96. The maximum atomic E-state index is 4.58. The second-order valence-corrected chi connectivity index (χ2v) is 6.27. The predicted molar refractivity (Wildman–Crippen MR) is 82.0 cm³/mol. The van der Waals surface area contributed by atoms with Crippen molar-refractivity contribution in [2.45, 2.75) is 46.1 Å². The van der Waals surface area contributed by atoms with Crippen LogP contribution in [-0.4, -0.2) is 16.0 Å². The van der Waals surface area contributed by atoms with Gasteiger partial charge in [0.1, 0.15) is 0 Å². The van der Waals surface area contributed by atoms with Gasteiger partial charge < -0.3 is 5.32 Å². The Morgan fingerprint density at radius 3 is 2.68 bits per heavy atom. The highest BCUT2D eigenvalue weighted by Crippen LogP contribution is 2.16. The molecule has 3 nitrogen and oxygen atoms in total. The van der Waals surface area contributed by atoms with Gasteiger partial charge in [-0.1, -0.05) is 19.9 Å². The molecule has 0 radical (unpaired) electrons. The zero-order chi connectivity index (χ0) is 13.8. The molecule has 0 aromatic carbocycles. The molecule has 0 aliphatic carbocycles. The van der Waals surface area contributed by atoms with Crippen molar-refractivity contribution in [3.63, 3.8) is 0 Å². The van der Waals surface area contributed by atoms with Gasteiger partial charge in [-0.25, -0.2) is 9.97 Å². The molecule has 1 N–H and O–H groups in total. The number of thiophene rings is 1. The van der Waals surface area contributed by atoms with Crippen molar-refractivity contribution in [3.8, 4) is 0 Å². The lowest BCUT2D eigenvalue weighted by Crippen LogP contribution is -2.20. The van der Waals surface area contributed by atoms with Gasteiger partial charge in [0.2, 0.25) is 5.95 Å². The number of nitrogens with zero attached hydrogens (tertiary/aromatic N) is 2. The number of hydrogen-bond donors (Lipinski definition) is 1. The van der Waals surface area contributed by atoms with Crippen LogP contribution in [0.4, 0.5) is 5.95 Å². The van der Waals surface area contributed by atoms with E-state index in [9.17, 15) is 0 Å². The average Bonchev–Trinajstić information content (AvgIpc) is 2.80. The Morgan fingerprint density at radius 1 is 1.26 bits per heavy atom. The van der Waals surface area contributed by atoms with Crippen LogP contribution in [0.1, 0.15) is 43.0 Å². The van der Waals surface area contributed by atoms with Gasteiger partial charge in [-0.2, -0.15) is 0 Å². The highest BCUT2D eigenvalue weighted by atomic mass is 32.1. The second kappa shape index (κ2) is 6.15. The third kappa shape index (κ3) is 4.03. The van der Waals surface area contributed by atoms with Gasteiger partial charge >= 0.3 is 0 Å². The molecule has 2 rings (SSSR count). The van der Waals surface area contributed by atoms with E-state index in [-0.39, 0.29) is 0 Å². The summed E-state index contributed by atoms with van der Waals surface area (Å²) in [5.41, 5.74) is 2.11. The van der Waals surface area contributed by atoms with Crippen molar-refractivity contribution in [3.05, 3.63) is 39.8 Å². The first kappa shape index (κ1) is 14.0. The molecule has 1 atom stereocenters. The Labute approximate surface area is 119 Å². The summed E-state index contributed by atoms with van der Waals surface area (Å²) in [4.78, 5) is 10.4.